The first-order valence-electron chi connectivity index (χ1n) is 7.20. The van der Waals surface area contributed by atoms with E-state index in [0.717, 1.165) is 25.9 Å². The molecule has 0 aliphatic rings. The SMILES string of the molecule is CN(C)CCCN(C)C(=O)C(N)CCc1ccccc1. The molecule has 0 bridgehead atoms. The Hall–Kier alpha value is -1.39. The number of rotatable bonds is 8. The van der Waals surface area contributed by atoms with Gasteiger partial charge < -0.3 is 15.5 Å². The van der Waals surface area contributed by atoms with Gasteiger partial charge in [0.15, 0.2) is 0 Å². The molecular formula is C16H27N3O. The van der Waals surface area contributed by atoms with Crippen molar-refractivity contribution in [3.05, 3.63) is 35.9 Å². The molecule has 0 heterocycles. The number of benzene rings is 1. The number of carbonyl (C=O) groups excluding carboxylic acids is 1. The topological polar surface area (TPSA) is 49.6 Å². The molecule has 1 aromatic carbocycles. The van der Waals surface area contributed by atoms with E-state index in [4.69, 9.17) is 5.73 Å². The van der Waals surface area contributed by atoms with Crippen LogP contribution in [-0.4, -0.2) is 56.0 Å². The molecule has 1 atom stereocenters. The van der Waals surface area contributed by atoms with Gasteiger partial charge in [0.05, 0.1) is 6.04 Å². The molecule has 0 fully saturated rings. The van der Waals surface area contributed by atoms with E-state index in [1.165, 1.54) is 5.56 Å². The normalized spacial score (nSPS) is 12.4. The van der Waals surface area contributed by atoms with Crippen molar-refractivity contribution >= 4 is 5.91 Å². The van der Waals surface area contributed by atoms with Crippen LogP contribution in [0, 0.1) is 0 Å². The highest BCUT2D eigenvalue weighted by atomic mass is 16.2. The van der Waals surface area contributed by atoms with E-state index < -0.39 is 6.04 Å². The van der Waals surface area contributed by atoms with Crippen molar-refractivity contribution in [1.82, 2.24) is 9.80 Å². The molecule has 0 aliphatic heterocycles. The molecule has 1 rings (SSSR count). The fraction of sp³-hybridized carbons (Fsp3) is 0.562. The third-order valence-electron chi connectivity index (χ3n) is 3.38. The average molecular weight is 277 g/mol. The lowest BCUT2D eigenvalue weighted by atomic mass is 10.1. The van der Waals surface area contributed by atoms with Gasteiger partial charge in [-0.1, -0.05) is 30.3 Å². The Morgan fingerprint density at radius 1 is 1.15 bits per heavy atom. The Morgan fingerprint density at radius 2 is 1.80 bits per heavy atom. The number of hydrogen-bond acceptors (Lipinski definition) is 3. The van der Waals surface area contributed by atoms with Gasteiger partial charge >= 0.3 is 0 Å². The zero-order chi connectivity index (χ0) is 15.0. The van der Waals surface area contributed by atoms with Crippen LogP contribution in [0.25, 0.3) is 0 Å². The summed E-state index contributed by atoms with van der Waals surface area (Å²) in [5.41, 5.74) is 7.22. The van der Waals surface area contributed by atoms with Gasteiger partial charge in [0.1, 0.15) is 0 Å². The van der Waals surface area contributed by atoms with Crippen molar-refractivity contribution in [3.63, 3.8) is 0 Å². The molecule has 4 heteroatoms. The van der Waals surface area contributed by atoms with Crippen LogP contribution in [0.1, 0.15) is 18.4 Å². The summed E-state index contributed by atoms with van der Waals surface area (Å²) in [6.07, 6.45) is 2.51. The van der Waals surface area contributed by atoms with Crippen LogP contribution < -0.4 is 5.73 Å². The summed E-state index contributed by atoms with van der Waals surface area (Å²) in [6, 6.07) is 9.74. The van der Waals surface area contributed by atoms with Crippen molar-refractivity contribution in [3.8, 4) is 0 Å². The van der Waals surface area contributed by atoms with E-state index in [-0.39, 0.29) is 5.91 Å². The van der Waals surface area contributed by atoms with E-state index in [1.54, 1.807) is 4.90 Å². The molecule has 0 saturated heterocycles. The summed E-state index contributed by atoms with van der Waals surface area (Å²) < 4.78 is 0. The Balaban J connectivity index is 2.31. The standard InChI is InChI=1S/C16H27N3O/c1-18(2)12-7-13-19(3)16(20)15(17)11-10-14-8-5-4-6-9-14/h4-6,8-9,15H,7,10-13,17H2,1-3H3. The van der Waals surface area contributed by atoms with Gasteiger partial charge in [-0.15, -0.1) is 0 Å². The maximum Gasteiger partial charge on any atom is 0.239 e. The largest absolute Gasteiger partial charge is 0.344 e. The van der Waals surface area contributed by atoms with Gasteiger partial charge in [-0.3, -0.25) is 4.79 Å². The quantitative estimate of drug-likeness (QED) is 0.780. The summed E-state index contributed by atoms with van der Waals surface area (Å²) in [4.78, 5) is 16.0. The van der Waals surface area contributed by atoms with Gasteiger partial charge in [-0.05, 0) is 45.5 Å². The fourth-order valence-corrected chi connectivity index (χ4v) is 2.11. The molecular weight excluding hydrogens is 250 g/mol. The highest BCUT2D eigenvalue weighted by Gasteiger charge is 2.17. The maximum absolute atomic E-state index is 12.1. The molecule has 1 amide bonds. The third-order valence-corrected chi connectivity index (χ3v) is 3.38. The second kappa shape index (κ2) is 8.72. The predicted octanol–water partition coefficient (Wildman–Crippen LogP) is 1.36. The summed E-state index contributed by atoms with van der Waals surface area (Å²) in [7, 11) is 5.90. The lowest BCUT2D eigenvalue weighted by Gasteiger charge is -2.22. The van der Waals surface area contributed by atoms with Gasteiger partial charge in [0.2, 0.25) is 5.91 Å². The predicted molar refractivity (Wildman–Crippen MR) is 83.5 cm³/mol. The number of hydrogen-bond donors (Lipinski definition) is 1. The van der Waals surface area contributed by atoms with E-state index >= 15 is 0 Å². The summed E-state index contributed by atoms with van der Waals surface area (Å²) in [5.74, 6) is 0.0414. The number of amides is 1. The molecule has 4 nitrogen and oxygen atoms in total. The third kappa shape index (κ3) is 6.17. The molecule has 0 aromatic heterocycles. The molecule has 0 aliphatic carbocycles. The molecule has 0 radical (unpaired) electrons. The van der Waals surface area contributed by atoms with Crippen LogP contribution in [0.2, 0.25) is 0 Å². The van der Waals surface area contributed by atoms with Crippen molar-refractivity contribution in [1.29, 1.82) is 0 Å². The van der Waals surface area contributed by atoms with E-state index in [2.05, 4.69) is 17.0 Å². The van der Waals surface area contributed by atoms with Crippen molar-refractivity contribution < 1.29 is 4.79 Å². The second-order valence-electron chi connectivity index (χ2n) is 5.55. The Labute approximate surface area is 122 Å². The van der Waals surface area contributed by atoms with Crippen LogP contribution >= 0.6 is 0 Å². The van der Waals surface area contributed by atoms with Crippen LogP contribution in [0.5, 0.6) is 0 Å². The summed E-state index contributed by atoms with van der Waals surface area (Å²) in [6.45, 7) is 1.74. The van der Waals surface area contributed by atoms with Crippen LogP contribution in [0.3, 0.4) is 0 Å². The van der Waals surface area contributed by atoms with E-state index in [0.29, 0.717) is 6.42 Å². The number of carbonyl (C=O) groups is 1. The first-order chi connectivity index (χ1) is 9.50. The minimum Gasteiger partial charge on any atom is -0.344 e. The highest BCUT2D eigenvalue weighted by molar-refractivity contribution is 5.81. The molecule has 1 aromatic rings. The van der Waals surface area contributed by atoms with Crippen molar-refractivity contribution in [2.24, 2.45) is 5.73 Å². The minimum atomic E-state index is -0.403. The van der Waals surface area contributed by atoms with Crippen molar-refractivity contribution in [2.75, 3.05) is 34.2 Å². The van der Waals surface area contributed by atoms with Crippen molar-refractivity contribution in [2.45, 2.75) is 25.3 Å². The van der Waals surface area contributed by atoms with Gasteiger partial charge in [0, 0.05) is 13.6 Å². The Kier molecular flexibility index (Phi) is 7.26. The number of likely N-dealkylation sites (N-methyl/N-ethyl adjacent to an activating group) is 1. The minimum absolute atomic E-state index is 0.0414. The van der Waals surface area contributed by atoms with Gasteiger partial charge in [-0.25, -0.2) is 0 Å². The molecule has 0 saturated carbocycles. The molecule has 20 heavy (non-hydrogen) atoms. The van der Waals surface area contributed by atoms with Crippen LogP contribution in [0.4, 0.5) is 0 Å². The monoisotopic (exact) mass is 277 g/mol. The maximum atomic E-state index is 12.1. The molecule has 2 N–H and O–H groups in total. The van der Waals surface area contributed by atoms with Gasteiger partial charge in [-0.2, -0.15) is 0 Å². The highest BCUT2D eigenvalue weighted by Crippen LogP contribution is 2.05. The lowest BCUT2D eigenvalue weighted by molar-refractivity contribution is -0.131. The lowest BCUT2D eigenvalue weighted by Crippen LogP contribution is -2.42. The average Bonchev–Trinajstić information content (AvgIpc) is 2.44. The molecule has 0 spiro atoms. The number of aryl methyl sites for hydroxylation is 1. The second-order valence-corrected chi connectivity index (χ2v) is 5.55. The summed E-state index contributed by atoms with van der Waals surface area (Å²) >= 11 is 0. The first kappa shape index (κ1) is 16.7. The first-order valence-corrected chi connectivity index (χ1v) is 7.20. The smallest absolute Gasteiger partial charge is 0.239 e. The number of nitrogens with two attached hydrogens (primary N) is 1. The summed E-state index contributed by atoms with van der Waals surface area (Å²) in [5, 5.41) is 0. The van der Waals surface area contributed by atoms with E-state index in [1.807, 2.05) is 39.3 Å². The number of nitrogens with zero attached hydrogens (tertiary/aromatic N) is 2. The zero-order valence-electron chi connectivity index (χ0n) is 12.9. The van der Waals surface area contributed by atoms with E-state index in [9.17, 15) is 4.79 Å². The van der Waals surface area contributed by atoms with Crippen LogP contribution in [-0.2, 0) is 11.2 Å². The molecule has 1 unspecified atom stereocenters. The fourth-order valence-electron chi connectivity index (χ4n) is 2.11. The van der Waals surface area contributed by atoms with Gasteiger partial charge in [0.25, 0.3) is 0 Å². The molecule has 112 valence electrons. The van der Waals surface area contributed by atoms with Crippen LogP contribution in [0.15, 0.2) is 30.3 Å². The zero-order valence-corrected chi connectivity index (χ0v) is 12.9. The Morgan fingerprint density at radius 3 is 2.40 bits per heavy atom. The Bertz CT molecular complexity index is 392.